The molecule has 2 N–H and O–H groups in total. The van der Waals surface area contributed by atoms with Crippen LogP contribution in [-0.4, -0.2) is 40.5 Å². The van der Waals surface area contributed by atoms with E-state index in [9.17, 15) is 13.2 Å². The smallest absolute Gasteiger partial charge is 0.333 e. The molecule has 1 saturated carbocycles. The maximum Gasteiger partial charge on any atom is 0.333 e. The van der Waals surface area contributed by atoms with Crippen LogP contribution in [0.5, 0.6) is 0 Å². The Balaban J connectivity index is 1.21. The number of carbonyl (C=O) groups is 1. The number of urea groups is 1. The number of nitrogens with zero attached hydrogens (tertiary/aromatic N) is 4. The number of carbonyl (C=O) groups excluding carboxylic acids is 1. The fourth-order valence-corrected chi connectivity index (χ4v) is 6.75. The van der Waals surface area contributed by atoms with Crippen LogP contribution in [0.25, 0.3) is 16.6 Å². The van der Waals surface area contributed by atoms with Gasteiger partial charge in [0, 0.05) is 24.0 Å². The Hall–Kier alpha value is -3.70. The normalized spacial score (nSPS) is 18.8. The minimum Gasteiger partial charge on any atom is -0.370 e. The Morgan fingerprint density at radius 2 is 2.03 bits per heavy atom. The number of aryl methyl sites for hydroxylation is 2. The largest absolute Gasteiger partial charge is 0.370 e. The molecule has 1 atom stereocenters. The molecule has 3 aliphatic rings. The molecule has 10 nitrogen and oxygen atoms in total. The summed E-state index contributed by atoms with van der Waals surface area (Å²) >= 11 is 0. The van der Waals surface area contributed by atoms with Crippen molar-refractivity contribution in [3.05, 3.63) is 65.1 Å². The first-order chi connectivity index (χ1) is 18.4. The number of hydrogen-bond acceptors (Lipinski definition) is 6. The zero-order valence-corrected chi connectivity index (χ0v) is 21.8. The standard InChI is InChI=1S/C27H28N6O4S/c1-16-13-18-3-2-4-21(18)25(24(16)19-8-10-32-20(14-19)7-9-28-32)29-27(34)31-38(35,36)23-15-22-26(17-5-6-17)37-12-11-33(22)30-23/h7-10,13-15,17,26H,2-6,11-12H2,1H3,(H2,29,31,34)/t26-/m1/s1. The van der Waals surface area contributed by atoms with E-state index in [-0.39, 0.29) is 11.1 Å². The summed E-state index contributed by atoms with van der Waals surface area (Å²) < 4.78 is 38.0. The van der Waals surface area contributed by atoms with Gasteiger partial charge >= 0.3 is 6.03 Å². The van der Waals surface area contributed by atoms with E-state index in [4.69, 9.17) is 4.74 Å². The van der Waals surface area contributed by atoms with Crippen LogP contribution in [-0.2, 0) is 34.1 Å². The third-order valence-electron chi connectivity index (χ3n) is 7.76. The molecular formula is C27H28N6O4S. The Kier molecular flexibility index (Phi) is 5.34. The van der Waals surface area contributed by atoms with Crippen molar-refractivity contribution in [2.45, 2.75) is 56.7 Å². The van der Waals surface area contributed by atoms with E-state index in [1.54, 1.807) is 15.4 Å². The maximum absolute atomic E-state index is 13.2. The van der Waals surface area contributed by atoms with Crippen LogP contribution in [0.2, 0.25) is 0 Å². The number of sulfonamides is 1. The molecule has 2 amide bonds. The van der Waals surface area contributed by atoms with E-state index >= 15 is 0 Å². The van der Waals surface area contributed by atoms with Gasteiger partial charge in [0.2, 0.25) is 0 Å². The van der Waals surface area contributed by atoms with Crippen molar-refractivity contribution < 1.29 is 17.9 Å². The van der Waals surface area contributed by atoms with Gasteiger partial charge in [0.25, 0.3) is 10.0 Å². The highest BCUT2D eigenvalue weighted by Gasteiger charge is 2.38. The number of aromatic nitrogens is 4. The molecule has 0 bridgehead atoms. The van der Waals surface area contributed by atoms with Crippen molar-refractivity contribution in [1.82, 2.24) is 24.1 Å². The number of hydrogen-bond donors (Lipinski definition) is 2. The zero-order valence-electron chi connectivity index (χ0n) is 21.0. The Labute approximate surface area is 220 Å². The molecule has 2 aliphatic carbocycles. The van der Waals surface area contributed by atoms with Crippen LogP contribution in [0.1, 0.15) is 47.8 Å². The number of fused-ring (bicyclic) bond motifs is 3. The quantitative estimate of drug-likeness (QED) is 0.401. The summed E-state index contributed by atoms with van der Waals surface area (Å²) in [5.74, 6) is 0.404. The second-order valence-corrected chi connectivity index (χ2v) is 12.0. The molecule has 1 fully saturated rings. The second kappa shape index (κ2) is 8.67. The highest BCUT2D eigenvalue weighted by atomic mass is 32.2. The van der Waals surface area contributed by atoms with E-state index in [0.717, 1.165) is 65.6 Å². The van der Waals surface area contributed by atoms with Crippen LogP contribution in [0.3, 0.4) is 0 Å². The van der Waals surface area contributed by atoms with Crippen LogP contribution < -0.4 is 10.0 Å². The third-order valence-corrected chi connectivity index (χ3v) is 8.96. The lowest BCUT2D eigenvalue weighted by atomic mass is 9.93. The van der Waals surface area contributed by atoms with Crippen LogP contribution >= 0.6 is 0 Å². The number of pyridine rings is 1. The van der Waals surface area contributed by atoms with Gasteiger partial charge in [-0.05, 0) is 85.4 Å². The van der Waals surface area contributed by atoms with E-state index in [2.05, 4.69) is 26.3 Å². The zero-order chi connectivity index (χ0) is 26.0. The van der Waals surface area contributed by atoms with Gasteiger partial charge in [-0.15, -0.1) is 0 Å². The van der Waals surface area contributed by atoms with Crippen molar-refractivity contribution in [3.8, 4) is 11.1 Å². The van der Waals surface area contributed by atoms with E-state index in [1.807, 2.05) is 31.3 Å². The molecule has 1 aliphatic heterocycles. The van der Waals surface area contributed by atoms with Gasteiger partial charge in [-0.1, -0.05) is 6.07 Å². The summed E-state index contributed by atoms with van der Waals surface area (Å²) in [4.78, 5) is 13.2. The summed E-state index contributed by atoms with van der Waals surface area (Å²) in [5, 5.41) is 11.3. The average molecular weight is 533 g/mol. The molecule has 7 rings (SSSR count). The molecule has 0 saturated heterocycles. The van der Waals surface area contributed by atoms with Gasteiger partial charge in [0.05, 0.1) is 30.0 Å². The Morgan fingerprint density at radius 1 is 1.16 bits per heavy atom. The molecule has 3 aromatic heterocycles. The predicted octanol–water partition coefficient (Wildman–Crippen LogP) is 3.99. The van der Waals surface area contributed by atoms with Gasteiger partial charge < -0.3 is 10.1 Å². The lowest BCUT2D eigenvalue weighted by Gasteiger charge is -2.23. The first kappa shape index (κ1) is 23.4. The minimum atomic E-state index is -4.19. The Morgan fingerprint density at radius 3 is 2.87 bits per heavy atom. The highest BCUT2D eigenvalue weighted by Crippen LogP contribution is 2.45. The fourth-order valence-electron chi connectivity index (χ4n) is 5.87. The number of amides is 2. The number of benzene rings is 1. The molecule has 4 aromatic rings. The summed E-state index contributed by atoms with van der Waals surface area (Å²) in [6.07, 6.45) is 8.33. The fraction of sp³-hybridized carbons (Fsp3) is 0.370. The predicted molar refractivity (Wildman–Crippen MR) is 140 cm³/mol. The molecular weight excluding hydrogens is 504 g/mol. The minimum absolute atomic E-state index is 0.139. The highest BCUT2D eigenvalue weighted by molar-refractivity contribution is 7.90. The van der Waals surface area contributed by atoms with Crippen LogP contribution in [0.4, 0.5) is 10.5 Å². The lowest BCUT2D eigenvalue weighted by molar-refractivity contribution is 0.00273. The SMILES string of the molecule is Cc1cc2c(c(NC(=O)NS(=O)(=O)c3cc4n(n3)CCO[C@@H]4C3CC3)c1-c1ccn3nccc3c1)CCC2. The Bertz CT molecular complexity index is 1700. The summed E-state index contributed by atoms with van der Waals surface area (Å²) in [5.41, 5.74) is 7.39. The van der Waals surface area contributed by atoms with Crippen molar-refractivity contribution in [2.75, 3.05) is 11.9 Å². The second-order valence-electron chi connectivity index (χ2n) is 10.4. The van der Waals surface area contributed by atoms with Crippen LogP contribution in [0, 0.1) is 12.8 Å². The number of anilines is 1. The maximum atomic E-state index is 13.2. The number of rotatable bonds is 5. The molecule has 0 spiro atoms. The first-order valence-corrected chi connectivity index (χ1v) is 14.5. The van der Waals surface area contributed by atoms with Gasteiger partial charge in [0.1, 0.15) is 6.10 Å². The van der Waals surface area contributed by atoms with E-state index in [1.165, 1.54) is 11.6 Å². The molecule has 196 valence electrons. The molecule has 38 heavy (non-hydrogen) atoms. The van der Waals surface area contributed by atoms with Gasteiger partial charge in [-0.3, -0.25) is 4.68 Å². The van der Waals surface area contributed by atoms with Crippen molar-refractivity contribution in [2.24, 2.45) is 5.92 Å². The summed E-state index contributed by atoms with van der Waals surface area (Å²) in [6.45, 7) is 3.00. The van der Waals surface area contributed by atoms with Gasteiger partial charge in [-0.25, -0.2) is 14.0 Å². The molecule has 0 radical (unpaired) electrons. The van der Waals surface area contributed by atoms with E-state index < -0.39 is 16.1 Å². The average Bonchev–Trinajstić information content (AvgIpc) is 3.26. The van der Waals surface area contributed by atoms with Crippen molar-refractivity contribution >= 4 is 27.3 Å². The van der Waals surface area contributed by atoms with Gasteiger partial charge in [-0.2, -0.15) is 18.6 Å². The lowest BCUT2D eigenvalue weighted by Crippen LogP contribution is -2.35. The van der Waals surface area contributed by atoms with Crippen molar-refractivity contribution in [1.29, 1.82) is 0 Å². The monoisotopic (exact) mass is 532 g/mol. The summed E-state index contributed by atoms with van der Waals surface area (Å²) in [7, 11) is -4.19. The van der Waals surface area contributed by atoms with Gasteiger partial charge in [0.15, 0.2) is 5.03 Å². The van der Waals surface area contributed by atoms with Crippen molar-refractivity contribution in [3.63, 3.8) is 0 Å². The number of nitrogens with one attached hydrogen (secondary N) is 2. The molecule has 0 unspecified atom stereocenters. The third kappa shape index (κ3) is 3.97. The van der Waals surface area contributed by atoms with E-state index in [0.29, 0.717) is 24.8 Å². The summed E-state index contributed by atoms with van der Waals surface area (Å²) in [6, 6.07) is 8.79. The topological polar surface area (TPSA) is 120 Å². The first-order valence-electron chi connectivity index (χ1n) is 13.0. The number of ether oxygens (including phenoxy) is 1. The van der Waals surface area contributed by atoms with Crippen LogP contribution in [0.15, 0.2) is 47.8 Å². The molecule has 4 heterocycles. The molecule has 1 aromatic carbocycles. The molecule has 11 heteroatoms.